The van der Waals surface area contributed by atoms with Crippen LogP contribution in [0.5, 0.6) is 0 Å². The molecule has 0 aliphatic heterocycles. The van der Waals surface area contributed by atoms with Gasteiger partial charge in [-0.3, -0.25) is 4.79 Å². The van der Waals surface area contributed by atoms with Gasteiger partial charge in [-0.05, 0) is 37.3 Å². The van der Waals surface area contributed by atoms with Gasteiger partial charge in [0.25, 0.3) is 0 Å². The lowest BCUT2D eigenvalue weighted by Gasteiger charge is -2.15. The van der Waals surface area contributed by atoms with Crippen molar-refractivity contribution >= 4 is 17.2 Å². The molecule has 1 unspecified atom stereocenters. The molecule has 0 saturated heterocycles. The molecule has 0 spiro atoms. The van der Waals surface area contributed by atoms with Crippen molar-refractivity contribution in [1.82, 2.24) is 5.32 Å². The van der Waals surface area contributed by atoms with E-state index in [0.29, 0.717) is 24.9 Å². The van der Waals surface area contributed by atoms with Crippen LogP contribution < -0.4 is 11.1 Å². The van der Waals surface area contributed by atoms with E-state index in [9.17, 15) is 4.79 Å². The quantitative estimate of drug-likeness (QED) is 0.831. The van der Waals surface area contributed by atoms with Crippen molar-refractivity contribution in [3.63, 3.8) is 0 Å². The van der Waals surface area contributed by atoms with Crippen molar-refractivity contribution in [2.45, 2.75) is 50.5 Å². The molecule has 0 bridgehead atoms. The molecule has 18 heavy (non-hydrogen) atoms. The zero-order valence-corrected chi connectivity index (χ0v) is 11.5. The Labute approximate surface area is 113 Å². The van der Waals surface area contributed by atoms with Crippen LogP contribution in [0.25, 0.3) is 0 Å². The van der Waals surface area contributed by atoms with Crippen molar-refractivity contribution < 1.29 is 4.79 Å². The van der Waals surface area contributed by atoms with Gasteiger partial charge in [-0.1, -0.05) is 18.9 Å². The van der Waals surface area contributed by atoms with E-state index < -0.39 is 0 Å². The third kappa shape index (κ3) is 3.82. The fourth-order valence-corrected chi connectivity index (χ4v) is 3.45. The zero-order valence-electron chi connectivity index (χ0n) is 10.7. The number of thiophene rings is 1. The Morgan fingerprint density at radius 2 is 2.28 bits per heavy atom. The largest absolute Gasteiger partial charge is 0.353 e. The maximum absolute atomic E-state index is 11.8. The van der Waals surface area contributed by atoms with Crippen LogP contribution in [0.3, 0.4) is 0 Å². The summed E-state index contributed by atoms with van der Waals surface area (Å²) in [5.74, 6) is 0.524. The van der Waals surface area contributed by atoms with Gasteiger partial charge in [0, 0.05) is 23.3 Å². The Bertz CT molecular complexity index is 358. The highest BCUT2D eigenvalue weighted by atomic mass is 32.1. The molecule has 1 aliphatic carbocycles. The van der Waals surface area contributed by atoms with Gasteiger partial charge < -0.3 is 11.1 Å². The lowest BCUT2D eigenvalue weighted by molar-refractivity contribution is -0.121. The van der Waals surface area contributed by atoms with E-state index in [1.54, 1.807) is 11.3 Å². The number of amides is 1. The molecule has 3 nitrogen and oxygen atoms in total. The molecule has 1 amide bonds. The maximum atomic E-state index is 11.8. The van der Waals surface area contributed by atoms with E-state index >= 15 is 0 Å². The molecule has 1 aromatic rings. The second-order valence-corrected chi connectivity index (χ2v) is 6.01. The maximum Gasteiger partial charge on any atom is 0.220 e. The highest BCUT2D eigenvalue weighted by Crippen LogP contribution is 2.25. The van der Waals surface area contributed by atoms with E-state index in [0.717, 1.165) is 19.3 Å². The van der Waals surface area contributed by atoms with Crippen molar-refractivity contribution in [2.24, 2.45) is 5.73 Å². The van der Waals surface area contributed by atoms with Gasteiger partial charge >= 0.3 is 0 Å². The third-order valence-electron chi connectivity index (χ3n) is 3.67. The molecule has 4 heteroatoms. The van der Waals surface area contributed by atoms with Crippen LogP contribution in [0.2, 0.25) is 0 Å². The smallest absolute Gasteiger partial charge is 0.220 e. The summed E-state index contributed by atoms with van der Waals surface area (Å²) >= 11 is 1.73. The molecule has 2 rings (SSSR count). The van der Waals surface area contributed by atoms with Crippen molar-refractivity contribution in [1.29, 1.82) is 0 Å². The van der Waals surface area contributed by atoms with Crippen LogP contribution in [-0.2, 0) is 4.79 Å². The normalized spacial score (nSPS) is 17.8. The number of nitrogens with one attached hydrogen (secondary N) is 1. The van der Waals surface area contributed by atoms with Crippen LogP contribution in [0.1, 0.15) is 49.3 Å². The minimum Gasteiger partial charge on any atom is -0.353 e. The number of carbonyl (C=O) groups excluding carboxylic acids is 1. The first-order valence-electron chi connectivity index (χ1n) is 6.82. The lowest BCUT2D eigenvalue weighted by atomic mass is 10.0. The molecular formula is C14H22N2OS. The van der Waals surface area contributed by atoms with Gasteiger partial charge in [0.2, 0.25) is 5.91 Å². The lowest BCUT2D eigenvalue weighted by Crippen LogP contribution is -2.32. The molecule has 0 aromatic carbocycles. The zero-order chi connectivity index (χ0) is 12.8. The Balaban J connectivity index is 1.74. The second-order valence-electron chi connectivity index (χ2n) is 5.04. The van der Waals surface area contributed by atoms with Crippen LogP contribution in [0, 0.1) is 0 Å². The summed E-state index contributed by atoms with van der Waals surface area (Å²) in [6, 6.07) is 4.58. The average Bonchev–Trinajstić information content (AvgIpc) is 3.02. The van der Waals surface area contributed by atoms with Crippen LogP contribution in [-0.4, -0.2) is 18.5 Å². The monoisotopic (exact) mass is 266 g/mol. The second kappa shape index (κ2) is 6.90. The Morgan fingerprint density at radius 1 is 1.50 bits per heavy atom. The van der Waals surface area contributed by atoms with Crippen LogP contribution in [0.4, 0.5) is 0 Å². The molecule has 0 radical (unpaired) electrons. The predicted molar refractivity (Wildman–Crippen MR) is 75.7 cm³/mol. The Hall–Kier alpha value is -0.870. The predicted octanol–water partition coefficient (Wildman–Crippen LogP) is 2.63. The van der Waals surface area contributed by atoms with E-state index in [4.69, 9.17) is 5.73 Å². The molecular weight excluding hydrogens is 244 g/mol. The Kier molecular flexibility index (Phi) is 5.20. The number of hydrogen-bond donors (Lipinski definition) is 2. The molecule has 1 aromatic heterocycles. The number of nitrogens with two attached hydrogens (primary N) is 1. The van der Waals surface area contributed by atoms with Gasteiger partial charge in [0.15, 0.2) is 0 Å². The van der Waals surface area contributed by atoms with Gasteiger partial charge in [-0.2, -0.15) is 0 Å². The van der Waals surface area contributed by atoms with Crippen molar-refractivity contribution in [2.75, 3.05) is 6.54 Å². The van der Waals surface area contributed by atoms with Gasteiger partial charge in [0.1, 0.15) is 0 Å². The standard InChI is InChI=1S/C14H22N2OS/c15-10-11(13-6-3-9-18-13)7-8-14(17)16-12-4-1-2-5-12/h3,6,9,11-12H,1-2,4-5,7-8,10,15H2,(H,16,17). The molecule has 100 valence electrons. The highest BCUT2D eigenvalue weighted by Gasteiger charge is 2.18. The molecule has 1 saturated carbocycles. The van der Waals surface area contributed by atoms with Crippen molar-refractivity contribution in [3.8, 4) is 0 Å². The number of hydrogen-bond acceptors (Lipinski definition) is 3. The van der Waals surface area contributed by atoms with Gasteiger partial charge in [-0.25, -0.2) is 0 Å². The fraction of sp³-hybridized carbons (Fsp3) is 0.643. The summed E-state index contributed by atoms with van der Waals surface area (Å²) in [7, 11) is 0. The number of carbonyl (C=O) groups is 1. The topological polar surface area (TPSA) is 55.1 Å². The van der Waals surface area contributed by atoms with Crippen LogP contribution in [0.15, 0.2) is 17.5 Å². The SMILES string of the molecule is NCC(CCC(=O)NC1CCCC1)c1cccs1. The van der Waals surface area contributed by atoms with E-state index in [1.165, 1.54) is 17.7 Å². The summed E-state index contributed by atoms with van der Waals surface area (Å²) in [5.41, 5.74) is 5.79. The van der Waals surface area contributed by atoms with Crippen molar-refractivity contribution in [3.05, 3.63) is 22.4 Å². The van der Waals surface area contributed by atoms with E-state index in [2.05, 4.69) is 16.8 Å². The summed E-state index contributed by atoms with van der Waals surface area (Å²) in [4.78, 5) is 13.1. The average molecular weight is 266 g/mol. The number of rotatable bonds is 6. The van der Waals surface area contributed by atoms with E-state index in [-0.39, 0.29) is 5.91 Å². The first-order valence-corrected chi connectivity index (χ1v) is 7.70. The Morgan fingerprint density at radius 3 is 2.89 bits per heavy atom. The fourth-order valence-electron chi connectivity index (χ4n) is 2.58. The molecule has 3 N–H and O–H groups in total. The summed E-state index contributed by atoms with van der Waals surface area (Å²) in [6.45, 7) is 0.622. The molecule has 1 fully saturated rings. The minimum atomic E-state index is 0.192. The first-order chi connectivity index (χ1) is 8.79. The summed E-state index contributed by atoms with van der Waals surface area (Å²) in [5, 5.41) is 5.19. The van der Waals surface area contributed by atoms with E-state index in [1.807, 2.05) is 6.07 Å². The minimum absolute atomic E-state index is 0.192. The highest BCUT2D eigenvalue weighted by molar-refractivity contribution is 7.10. The first kappa shape index (κ1) is 13.6. The van der Waals surface area contributed by atoms with Gasteiger partial charge in [0.05, 0.1) is 0 Å². The summed E-state index contributed by atoms with van der Waals surface area (Å²) in [6.07, 6.45) is 6.26. The molecule has 1 atom stereocenters. The van der Waals surface area contributed by atoms with Gasteiger partial charge in [-0.15, -0.1) is 11.3 Å². The molecule has 1 heterocycles. The third-order valence-corrected chi connectivity index (χ3v) is 4.71. The molecule has 1 aliphatic rings. The van der Waals surface area contributed by atoms with Crippen LogP contribution >= 0.6 is 11.3 Å². The summed E-state index contributed by atoms with van der Waals surface area (Å²) < 4.78 is 0.